The fourth-order valence-corrected chi connectivity index (χ4v) is 2.92. The van der Waals surface area contributed by atoms with E-state index in [0.717, 1.165) is 17.3 Å². The minimum Gasteiger partial charge on any atom is -0.308 e. The molecular formula is C13H16BrClFN. The van der Waals surface area contributed by atoms with Crippen LogP contribution in [0.25, 0.3) is 0 Å². The van der Waals surface area contributed by atoms with Gasteiger partial charge in [-0.25, -0.2) is 4.39 Å². The van der Waals surface area contributed by atoms with Crippen LogP contribution in [0.4, 0.5) is 4.39 Å². The number of rotatable bonds is 3. The van der Waals surface area contributed by atoms with Gasteiger partial charge < -0.3 is 5.32 Å². The molecule has 17 heavy (non-hydrogen) atoms. The average Bonchev–Trinajstić information content (AvgIpc) is 2.30. The third-order valence-corrected chi connectivity index (χ3v) is 4.27. The molecule has 1 aliphatic carbocycles. The summed E-state index contributed by atoms with van der Waals surface area (Å²) < 4.78 is 14.4. The number of hydrogen-bond donors (Lipinski definition) is 1. The summed E-state index contributed by atoms with van der Waals surface area (Å²) in [6.45, 7) is 0.549. The van der Waals surface area contributed by atoms with Crippen LogP contribution in [0.15, 0.2) is 22.7 Å². The van der Waals surface area contributed by atoms with Gasteiger partial charge in [0.05, 0.1) is 0 Å². The molecule has 1 fully saturated rings. The quantitative estimate of drug-likeness (QED) is 0.822. The Kier molecular flexibility index (Phi) is 4.83. The van der Waals surface area contributed by atoms with Gasteiger partial charge in [-0.2, -0.15) is 0 Å². The fraction of sp³-hybridized carbons (Fsp3) is 0.538. The first kappa shape index (κ1) is 13.3. The lowest BCUT2D eigenvalue weighted by molar-refractivity contribution is 0.376. The zero-order valence-electron chi connectivity index (χ0n) is 9.56. The summed E-state index contributed by atoms with van der Waals surface area (Å²) in [7, 11) is 0. The monoisotopic (exact) mass is 319 g/mol. The van der Waals surface area contributed by atoms with E-state index in [0.29, 0.717) is 18.2 Å². The summed E-state index contributed by atoms with van der Waals surface area (Å²) in [5.41, 5.74) is 0.697. The third-order valence-electron chi connectivity index (χ3n) is 3.25. The maximum atomic E-state index is 13.6. The summed E-state index contributed by atoms with van der Waals surface area (Å²) in [4.78, 5) is 0. The van der Waals surface area contributed by atoms with Crippen molar-refractivity contribution >= 4 is 27.5 Å². The Labute approximate surface area is 115 Å². The normalized spacial score (nSPS) is 24.9. The van der Waals surface area contributed by atoms with Crippen molar-refractivity contribution in [2.45, 2.75) is 43.6 Å². The summed E-state index contributed by atoms with van der Waals surface area (Å²) in [6.07, 6.45) is 4.57. The summed E-state index contributed by atoms with van der Waals surface area (Å²) in [5.74, 6) is -0.172. The van der Waals surface area contributed by atoms with Crippen molar-refractivity contribution in [1.29, 1.82) is 0 Å². The van der Waals surface area contributed by atoms with Crippen molar-refractivity contribution in [2.24, 2.45) is 0 Å². The second kappa shape index (κ2) is 6.17. The van der Waals surface area contributed by atoms with E-state index >= 15 is 0 Å². The molecule has 0 bridgehead atoms. The van der Waals surface area contributed by atoms with Crippen LogP contribution in [0.5, 0.6) is 0 Å². The van der Waals surface area contributed by atoms with E-state index in [-0.39, 0.29) is 11.2 Å². The molecule has 94 valence electrons. The first-order valence-corrected chi connectivity index (χ1v) is 7.21. The minimum absolute atomic E-state index is 0.172. The van der Waals surface area contributed by atoms with Gasteiger partial charge in [-0.15, -0.1) is 11.6 Å². The number of hydrogen-bond acceptors (Lipinski definition) is 1. The molecule has 1 nitrogen and oxygen atoms in total. The highest BCUT2D eigenvalue weighted by atomic mass is 79.9. The Morgan fingerprint density at radius 3 is 2.82 bits per heavy atom. The van der Waals surface area contributed by atoms with Gasteiger partial charge in [0.2, 0.25) is 0 Å². The lowest BCUT2D eigenvalue weighted by Gasteiger charge is -2.28. The van der Waals surface area contributed by atoms with E-state index in [2.05, 4.69) is 21.2 Å². The SMILES string of the molecule is Fc1cc(Br)ccc1CNC1CCCCC1Cl. The Balaban J connectivity index is 1.92. The van der Waals surface area contributed by atoms with Crippen LogP contribution in [0.1, 0.15) is 31.2 Å². The molecule has 2 rings (SSSR count). The minimum atomic E-state index is -0.172. The van der Waals surface area contributed by atoms with Gasteiger partial charge >= 0.3 is 0 Å². The smallest absolute Gasteiger partial charge is 0.128 e. The lowest BCUT2D eigenvalue weighted by atomic mass is 9.95. The van der Waals surface area contributed by atoms with Crippen molar-refractivity contribution in [1.82, 2.24) is 5.32 Å². The summed E-state index contributed by atoms with van der Waals surface area (Å²) in [5, 5.41) is 3.54. The fourth-order valence-electron chi connectivity index (χ4n) is 2.22. The molecule has 0 radical (unpaired) electrons. The van der Waals surface area contributed by atoms with Crippen molar-refractivity contribution in [3.8, 4) is 0 Å². The molecule has 1 N–H and O–H groups in total. The van der Waals surface area contributed by atoms with Crippen LogP contribution in [0.2, 0.25) is 0 Å². The Morgan fingerprint density at radius 2 is 2.12 bits per heavy atom. The van der Waals surface area contributed by atoms with Crippen LogP contribution in [0.3, 0.4) is 0 Å². The Morgan fingerprint density at radius 1 is 1.35 bits per heavy atom. The third kappa shape index (κ3) is 3.67. The first-order valence-electron chi connectivity index (χ1n) is 5.98. The summed E-state index contributed by atoms with van der Waals surface area (Å²) in [6, 6.07) is 5.47. The van der Waals surface area contributed by atoms with Gasteiger partial charge in [0, 0.05) is 28.0 Å². The van der Waals surface area contributed by atoms with E-state index in [1.54, 1.807) is 6.07 Å². The van der Waals surface area contributed by atoms with Crippen LogP contribution < -0.4 is 5.32 Å². The number of halogens is 3. The van der Waals surface area contributed by atoms with E-state index in [9.17, 15) is 4.39 Å². The molecule has 2 unspecified atom stereocenters. The van der Waals surface area contributed by atoms with Crippen LogP contribution in [-0.4, -0.2) is 11.4 Å². The molecule has 4 heteroatoms. The lowest BCUT2D eigenvalue weighted by Crippen LogP contribution is -2.39. The standard InChI is InChI=1S/C13H16BrClFN/c14-10-6-5-9(12(16)7-10)8-17-13-4-2-1-3-11(13)15/h5-7,11,13,17H,1-4,8H2. The van der Waals surface area contributed by atoms with E-state index in [1.165, 1.54) is 18.9 Å². The average molecular weight is 321 g/mol. The molecule has 0 aliphatic heterocycles. The van der Waals surface area contributed by atoms with E-state index < -0.39 is 0 Å². The van der Waals surface area contributed by atoms with Crippen molar-refractivity contribution < 1.29 is 4.39 Å². The molecule has 0 heterocycles. The van der Waals surface area contributed by atoms with Crippen molar-refractivity contribution in [2.75, 3.05) is 0 Å². The number of benzene rings is 1. The van der Waals surface area contributed by atoms with Gasteiger partial charge in [0.15, 0.2) is 0 Å². The first-order chi connectivity index (χ1) is 8.16. The van der Waals surface area contributed by atoms with E-state index in [4.69, 9.17) is 11.6 Å². The Bertz CT molecular complexity index is 386. The topological polar surface area (TPSA) is 12.0 Å². The largest absolute Gasteiger partial charge is 0.308 e. The van der Waals surface area contributed by atoms with Gasteiger partial charge in [-0.3, -0.25) is 0 Å². The van der Waals surface area contributed by atoms with Crippen molar-refractivity contribution in [3.63, 3.8) is 0 Å². The molecule has 1 aliphatic rings. The highest BCUT2D eigenvalue weighted by Crippen LogP contribution is 2.23. The second-order valence-corrected chi connectivity index (χ2v) is 6.00. The molecule has 0 aromatic heterocycles. The predicted octanol–water partition coefficient (Wildman–Crippen LogP) is 4.23. The molecule has 2 atom stereocenters. The maximum absolute atomic E-state index is 13.6. The number of nitrogens with one attached hydrogen (secondary N) is 1. The summed E-state index contributed by atoms with van der Waals surface area (Å²) >= 11 is 9.50. The van der Waals surface area contributed by atoms with Gasteiger partial charge in [0.25, 0.3) is 0 Å². The van der Waals surface area contributed by atoms with Crippen LogP contribution in [-0.2, 0) is 6.54 Å². The molecule has 1 aromatic rings. The molecular weight excluding hydrogens is 305 g/mol. The molecule has 0 saturated heterocycles. The predicted molar refractivity (Wildman–Crippen MR) is 72.8 cm³/mol. The number of alkyl halides is 1. The van der Waals surface area contributed by atoms with E-state index in [1.807, 2.05) is 6.07 Å². The molecule has 1 aromatic carbocycles. The van der Waals surface area contributed by atoms with Crippen LogP contribution >= 0.6 is 27.5 Å². The Hall–Kier alpha value is -0.120. The highest BCUT2D eigenvalue weighted by molar-refractivity contribution is 9.10. The highest BCUT2D eigenvalue weighted by Gasteiger charge is 2.22. The van der Waals surface area contributed by atoms with Crippen LogP contribution in [0, 0.1) is 5.82 Å². The maximum Gasteiger partial charge on any atom is 0.128 e. The van der Waals surface area contributed by atoms with Gasteiger partial charge in [-0.05, 0) is 25.0 Å². The molecule has 1 saturated carbocycles. The molecule has 0 spiro atoms. The van der Waals surface area contributed by atoms with Gasteiger partial charge in [-0.1, -0.05) is 34.8 Å². The van der Waals surface area contributed by atoms with Gasteiger partial charge in [0.1, 0.15) is 5.82 Å². The zero-order chi connectivity index (χ0) is 12.3. The van der Waals surface area contributed by atoms with Crippen molar-refractivity contribution in [3.05, 3.63) is 34.1 Å². The molecule has 0 amide bonds. The second-order valence-electron chi connectivity index (χ2n) is 4.52. The zero-order valence-corrected chi connectivity index (χ0v) is 11.9.